The highest BCUT2D eigenvalue weighted by molar-refractivity contribution is 14.0. The lowest BCUT2D eigenvalue weighted by Gasteiger charge is -2.15. The van der Waals surface area contributed by atoms with E-state index in [4.69, 9.17) is 4.74 Å². The molecule has 1 rings (SSSR count). The Labute approximate surface area is 181 Å². The first-order valence-corrected chi connectivity index (χ1v) is 9.47. The minimum Gasteiger partial charge on any atom is -0.374 e. The summed E-state index contributed by atoms with van der Waals surface area (Å²) >= 11 is 0. The molecule has 2 atom stereocenters. The summed E-state index contributed by atoms with van der Waals surface area (Å²) in [6.07, 6.45) is 2.35. The Kier molecular flexibility index (Phi) is 14.9. The molecule has 0 aliphatic carbocycles. The van der Waals surface area contributed by atoms with E-state index in [1.165, 1.54) is 5.56 Å². The first kappa shape index (κ1) is 25.6. The average Bonchev–Trinajstić information content (AvgIpc) is 2.66. The molecule has 3 N–H and O–H groups in total. The number of nitrogens with one attached hydrogen (secondary N) is 3. The van der Waals surface area contributed by atoms with Crippen molar-refractivity contribution < 1.29 is 9.53 Å². The maximum atomic E-state index is 11.7. The molecule has 0 bridgehead atoms. The van der Waals surface area contributed by atoms with Crippen molar-refractivity contribution in [3.05, 3.63) is 35.9 Å². The fraction of sp³-hybridized carbons (Fsp3) is 0.600. The molecule has 1 aromatic carbocycles. The SMILES string of the molecule is CCC(C)NC(=O)CCNC(=NC)NCCCOC(C)c1ccccc1.I. The zero-order valence-corrected chi connectivity index (χ0v) is 19.3. The van der Waals surface area contributed by atoms with E-state index >= 15 is 0 Å². The highest BCUT2D eigenvalue weighted by Crippen LogP contribution is 2.15. The van der Waals surface area contributed by atoms with Gasteiger partial charge in [-0.25, -0.2) is 0 Å². The number of nitrogens with zero attached hydrogens (tertiary/aromatic N) is 1. The van der Waals surface area contributed by atoms with Crippen molar-refractivity contribution in [1.29, 1.82) is 0 Å². The van der Waals surface area contributed by atoms with Gasteiger partial charge in [0.05, 0.1) is 6.10 Å². The third kappa shape index (κ3) is 11.9. The van der Waals surface area contributed by atoms with Crippen LogP contribution in [0.15, 0.2) is 35.3 Å². The van der Waals surface area contributed by atoms with Crippen molar-refractivity contribution in [2.75, 3.05) is 26.7 Å². The van der Waals surface area contributed by atoms with Crippen LogP contribution in [0.3, 0.4) is 0 Å². The van der Waals surface area contributed by atoms with Crippen LogP contribution in [0.25, 0.3) is 0 Å². The number of rotatable bonds is 11. The third-order valence-electron chi connectivity index (χ3n) is 4.14. The summed E-state index contributed by atoms with van der Waals surface area (Å²) < 4.78 is 5.85. The number of hydrogen-bond donors (Lipinski definition) is 3. The average molecular weight is 490 g/mol. The predicted octanol–water partition coefficient (Wildman–Crippen LogP) is 3.24. The molecule has 2 unspecified atom stereocenters. The van der Waals surface area contributed by atoms with Gasteiger partial charge in [0.25, 0.3) is 0 Å². The van der Waals surface area contributed by atoms with Crippen molar-refractivity contribution in [2.24, 2.45) is 4.99 Å². The third-order valence-corrected chi connectivity index (χ3v) is 4.14. The second-order valence-corrected chi connectivity index (χ2v) is 6.33. The van der Waals surface area contributed by atoms with Gasteiger partial charge in [-0.05, 0) is 32.3 Å². The maximum absolute atomic E-state index is 11.7. The summed E-state index contributed by atoms with van der Waals surface area (Å²) in [6, 6.07) is 10.4. The molecule has 1 amide bonds. The van der Waals surface area contributed by atoms with Gasteiger partial charge in [-0.1, -0.05) is 37.3 Å². The molecular weight excluding hydrogens is 455 g/mol. The van der Waals surface area contributed by atoms with Crippen LogP contribution >= 0.6 is 24.0 Å². The Bertz CT molecular complexity index is 540. The van der Waals surface area contributed by atoms with Crippen LogP contribution in [0.4, 0.5) is 0 Å². The van der Waals surface area contributed by atoms with Gasteiger partial charge in [-0.15, -0.1) is 24.0 Å². The molecule has 6 nitrogen and oxygen atoms in total. The van der Waals surface area contributed by atoms with Crippen molar-refractivity contribution in [2.45, 2.75) is 52.2 Å². The van der Waals surface area contributed by atoms with Gasteiger partial charge in [-0.3, -0.25) is 9.79 Å². The van der Waals surface area contributed by atoms with Crippen molar-refractivity contribution in [3.63, 3.8) is 0 Å². The number of halogens is 1. The number of carbonyl (C=O) groups is 1. The molecule has 27 heavy (non-hydrogen) atoms. The summed E-state index contributed by atoms with van der Waals surface area (Å²) in [5.41, 5.74) is 1.19. The van der Waals surface area contributed by atoms with Gasteiger partial charge < -0.3 is 20.7 Å². The van der Waals surface area contributed by atoms with Crippen LogP contribution in [-0.4, -0.2) is 44.7 Å². The van der Waals surface area contributed by atoms with Crippen molar-refractivity contribution in [3.8, 4) is 0 Å². The summed E-state index contributed by atoms with van der Waals surface area (Å²) in [6.45, 7) is 8.13. The Morgan fingerprint density at radius 1 is 1.15 bits per heavy atom. The zero-order chi connectivity index (χ0) is 19.2. The topological polar surface area (TPSA) is 74.8 Å². The van der Waals surface area contributed by atoms with Gasteiger partial charge >= 0.3 is 0 Å². The molecule has 0 aliphatic heterocycles. The molecular formula is C20H35IN4O2. The molecule has 0 radical (unpaired) electrons. The minimum absolute atomic E-state index is 0. The number of amides is 1. The number of aliphatic imine (C=N–C) groups is 1. The highest BCUT2D eigenvalue weighted by atomic mass is 127. The lowest BCUT2D eigenvalue weighted by Crippen LogP contribution is -2.40. The largest absolute Gasteiger partial charge is 0.374 e. The van der Waals surface area contributed by atoms with E-state index < -0.39 is 0 Å². The van der Waals surface area contributed by atoms with Gasteiger partial charge in [0.15, 0.2) is 5.96 Å². The highest BCUT2D eigenvalue weighted by Gasteiger charge is 2.06. The van der Waals surface area contributed by atoms with E-state index in [9.17, 15) is 4.79 Å². The van der Waals surface area contributed by atoms with Crippen LogP contribution < -0.4 is 16.0 Å². The van der Waals surface area contributed by atoms with Crippen molar-refractivity contribution in [1.82, 2.24) is 16.0 Å². The zero-order valence-electron chi connectivity index (χ0n) is 17.0. The van der Waals surface area contributed by atoms with E-state index in [1.54, 1.807) is 7.05 Å². The fourth-order valence-electron chi connectivity index (χ4n) is 2.32. The van der Waals surface area contributed by atoms with Crippen LogP contribution in [0.5, 0.6) is 0 Å². The summed E-state index contributed by atoms with van der Waals surface area (Å²) in [5.74, 6) is 0.767. The predicted molar refractivity (Wildman–Crippen MR) is 123 cm³/mol. The Balaban J connectivity index is 0.00000676. The van der Waals surface area contributed by atoms with E-state index in [2.05, 4.69) is 46.9 Å². The minimum atomic E-state index is 0. The molecule has 0 fully saturated rings. The standard InChI is InChI=1S/C20H34N4O2.HI/c1-5-16(2)24-19(25)12-14-23-20(21-4)22-13-9-15-26-17(3)18-10-7-6-8-11-18;/h6-8,10-11,16-17H,5,9,12-15H2,1-4H3,(H,24,25)(H2,21,22,23);1H. The molecule has 0 aromatic heterocycles. The monoisotopic (exact) mass is 490 g/mol. The summed E-state index contributed by atoms with van der Waals surface area (Å²) in [5, 5.41) is 9.34. The van der Waals surface area contributed by atoms with Crippen LogP contribution in [0, 0.1) is 0 Å². The maximum Gasteiger partial charge on any atom is 0.221 e. The van der Waals surface area contributed by atoms with Gasteiger partial charge in [-0.2, -0.15) is 0 Å². The van der Waals surface area contributed by atoms with Crippen LogP contribution in [-0.2, 0) is 9.53 Å². The van der Waals surface area contributed by atoms with E-state index in [0.717, 1.165) is 19.4 Å². The second-order valence-electron chi connectivity index (χ2n) is 6.33. The van der Waals surface area contributed by atoms with Crippen LogP contribution in [0.1, 0.15) is 51.7 Å². The second kappa shape index (κ2) is 15.7. The first-order chi connectivity index (χ1) is 12.6. The number of carbonyl (C=O) groups excluding carboxylic acids is 1. The number of benzene rings is 1. The smallest absolute Gasteiger partial charge is 0.221 e. The number of hydrogen-bond acceptors (Lipinski definition) is 3. The van der Waals surface area contributed by atoms with Gasteiger partial charge in [0, 0.05) is 39.2 Å². The quantitative estimate of drug-likeness (QED) is 0.193. The lowest BCUT2D eigenvalue weighted by atomic mass is 10.1. The molecule has 0 heterocycles. The molecule has 154 valence electrons. The normalized spacial score (nSPS) is 13.3. The molecule has 0 saturated heterocycles. The van der Waals surface area contributed by atoms with E-state index in [1.807, 2.05) is 25.1 Å². The summed E-state index contributed by atoms with van der Waals surface area (Å²) in [4.78, 5) is 15.9. The first-order valence-electron chi connectivity index (χ1n) is 9.47. The Morgan fingerprint density at radius 2 is 1.81 bits per heavy atom. The number of guanidine groups is 1. The molecule has 0 aliphatic rings. The van der Waals surface area contributed by atoms with Gasteiger partial charge in [0.1, 0.15) is 0 Å². The lowest BCUT2D eigenvalue weighted by molar-refractivity contribution is -0.121. The van der Waals surface area contributed by atoms with Crippen molar-refractivity contribution >= 4 is 35.8 Å². The fourth-order valence-corrected chi connectivity index (χ4v) is 2.32. The molecule has 1 aromatic rings. The van der Waals surface area contributed by atoms with Crippen LogP contribution in [0.2, 0.25) is 0 Å². The number of ether oxygens (including phenoxy) is 1. The molecule has 0 spiro atoms. The summed E-state index contributed by atoms with van der Waals surface area (Å²) in [7, 11) is 1.72. The van der Waals surface area contributed by atoms with E-state index in [0.29, 0.717) is 25.5 Å². The Hall–Kier alpha value is -1.35. The molecule has 0 saturated carbocycles. The Morgan fingerprint density at radius 3 is 2.44 bits per heavy atom. The van der Waals surface area contributed by atoms with Gasteiger partial charge in [0.2, 0.25) is 5.91 Å². The molecule has 7 heteroatoms. The van der Waals surface area contributed by atoms with E-state index in [-0.39, 0.29) is 42.0 Å².